The summed E-state index contributed by atoms with van der Waals surface area (Å²) in [4.78, 5) is 12.7. The molecule has 0 radical (unpaired) electrons. The number of nitrogens with zero attached hydrogens (tertiary/aromatic N) is 1. The molecular formula is C23H22ClFN2O4S. The molecule has 0 aliphatic rings. The molecule has 32 heavy (non-hydrogen) atoms. The molecule has 1 amide bonds. The maximum absolute atomic E-state index is 14.4. The van der Waals surface area contributed by atoms with Gasteiger partial charge in [0.25, 0.3) is 0 Å². The molecule has 1 N–H and O–H groups in total. The molecule has 0 bridgehead atoms. The number of hydrogen-bond acceptors (Lipinski definition) is 4. The van der Waals surface area contributed by atoms with E-state index in [4.69, 9.17) is 16.3 Å². The van der Waals surface area contributed by atoms with E-state index >= 15 is 0 Å². The first-order valence-electron chi connectivity index (χ1n) is 9.64. The summed E-state index contributed by atoms with van der Waals surface area (Å²) in [6, 6.07) is 16.9. The summed E-state index contributed by atoms with van der Waals surface area (Å²) >= 11 is 6.11. The van der Waals surface area contributed by atoms with Crippen molar-refractivity contribution in [3.63, 3.8) is 0 Å². The fourth-order valence-corrected chi connectivity index (χ4v) is 4.59. The van der Waals surface area contributed by atoms with Crippen LogP contribution in [-0.4, -0.2) is 32.3 Å². The van der Waals surface area contributed by atoms with Crippen LogP contribution in [0, 0.1) is 12.7 Å². The molecule has 0 saturated heterocycles. The van der Waals surface area contributed by atoms with Gasteiger partial charge in [0.05, 0.1) is 18.6 Å². The van der Waals surface area contributed by atoms with Crippen molar-refractivity contribution >= 4 is 33.2 Å². The second-order valence-corrected chi connectivity index (χ2v) is 9.41. The van der Waals surface area contributed by atoms with Gasteiger partial charge in [0, 0.05) is 28.9 Å². The van der Waals surface area contributed by atoms with Crippen LogP contribution in [0.5, 0.6) is 5.75 Å². The second-order valence-electron chi connectivity index (χ2n) is 7.07. The van der Waals surface area contributed by atoms with E-state index in [1.165, 1.54) is 37.4 Å². The lowest BCUT2D eigenvalue weighted by Crippen LogP contribution is -2.37. The average Bonchev–Trinajstić information content (AvgIpc) is 2.76. The minimum Gasteiger partial charge on any atom is -0.497 e. The number of nitrogens with one attached hydrogen (secondary N) is 1. The molecule has 0 spiro atoms. The SMILES string of the molecule is COc1cccc(NC(=O)CN(Cc2c(F)cccc2Cl)S(=O)(=O)c2ccc(C)cc2)c1. The molecule has 6 nitrogen and oxygen atoms in total. The van der Waals surface area contributed by atoms with Crippen LogP contribution in [0.4, 0.5) is 10.1 Å². The Balaban J connectivity index is 1.92. The Morgan fingerprint density at radius 2 is 1.78 bits per heavy atom. The van der Waals surface area contributed by atoms with Gasteiger partial charge in [-0.15, -0.1) is 0 Å². The van der Waals surface area contributed by atoms with E-state index in [1.807, 2.05) is 6.92 Å². The van der Waals surface area contributed by atoms with Crippen LogP contribution in [0.1, 0.15) is 11.1 Å². The van der Waals surface area contributed by atoms with Crippen LogP contribution >= 0.6 is 11.6 Å². The smallest absolute Gasteiger partial charge is 0.243 e. The van der Waals surface area contributed by atoms with Crippen LogP contribution in [-0.2, 0) is 21.4 Å². The van der Waals surface area contributed by atoms with Crippen molar-refractivity contribution in [2.24, 2.45) is 0 Å². The third kappa shape index (κ3) is 5.64. The Morgan fingerprint density at radius 1 is 1.09 bits per heavy atom. The molecule has 0 aliphatic heterocycles. The van der Waals surface area contributed by atoms with E-state index in [2.05, 4.69) is 5.32 Å². The van der Waals surface area contributed by atoms with E-state index in [-0.39, 0.29) is 15.5 Å². The fraction of sp³-hybridized carbons (Fsp3) is 0.174. The number of amides is 1. The quantitative estimate of drug-likeness (QED) is 0.514. The van der Waals surface area contributed by atoms with E-state index in [1.54, 1.807) is 36.4 Å². The van der Waals surface area contributed by atoms with E-state index in [0.717, 1.165) is 9.87 Å². The second kappa shape index (κ2) is 10.1. The number of rotatable bonds is 8. The number of hydrogen-bond donors (Lipinski definition) is 1. The van der Waals surface area contributed by atoms with E-state index in [0.29, 0.717) is 11.4 Å². The van der Waals surface area contributed by atoms with Gasteiger partial charge in [0.15, 0.2) is 0 Å². The summed E-state index contributed by atoms with van der Waals surface area (Å²) in [6.07, 6.45) is 0. The van der Waals surface area contributed by atoms with Crippen LogP contribution in [0.2, 0.25) is 5.02 Å². The minimum atomic E-state index is -4.13. The van der Waals surface area contributed by atoms with Gasteiger partial charge in [-0.1, -0.05) is 41.4 Å². The molecule has 0 unspecified atom stereocenters. The zero-order valence-electron chi connectivity index (χ0n) is 17.5. The van der Waals surface area contributed by atoms with Crippen molar-refractivity contribution < 1.29 is 22.3 Å². The van der Waals surface area contributed by atoms with Crippen molar-refractivity contribution in [3.05, 3.63) is 88.7 Å². The summed E-state index contributed by atoms with van der Waals surface area (Å²) in [6.45, 7) is 0.875. The number of sulfonamides is 1. The first kappa shape index (κ1) is 23.7. The lowest BCUT2D eigenvalue weighted by atomic mass is 10.2. The lowest BCUT2D eigenvalue weighted by Gasteiger charge is -2.23. The number of methoxy groups -OCH3 is 1. The van der Waals surface area contributed by atoms with Crippen LogP contribution in [0.15, 0.2) is 71.6 Å². The number of carbonyl (C=O) groups is 1. The minimum absolute atomic E-state index is 0.00950. The zero-order chi connectivity index (χ0) is 23.3. The van der Waals surface area contributed by atoms with Crippen LogP contribution in [0.3, 0.4) is 0 Å². The number of anilines is 1. The zero-order valence-corrected chi connectivity index (χ0v) is 19.1. The molecule has 9 heteroatoms. The number of ether oxygens (including phenoxy) is 1. The monoisotopic (exact) mass is 476 g/mol. The standard InChI is InChI=1S/C23H22ClFN2O4S/c1-16-9-11-19(12-10-16)32(29,30)27(14-20-21(24)7-4-8-22(20)25)15-23(28)26-17-5-3-6-18(13-17)31-2/h3-13H,14-15H2,1-2H3,(H,26,28). The largest absolute Gasteiger partial charge is 0.497 e. The highest BCUT2D eigenvalue weighted by Crippen LogP contribution is 2.25. The number of aryl methyl sites for hydroxylation is 1. The lowest BCUT2D eigenvalue weighted by molar-refractivity contribution is -0.116. The van der Waals surface area contributed by atoms with Gasteiger partial charge < -0.3 is 10.1 Å². The molecular weight excluding hydrogens is 455 g/mol. The third-order valence-corrected chi connectivity index (χ3v) is 6.89. The Kier molecular flexibility index (Phi) is 7.50. The molecule has 0 aliphatic carbocycles. The van der Waals surface area contributed by atoms with Crippen molar-refractivity contribution in [1.82, 2.24) is 4.31 Å². The molecule has 0 atom stereocenters. The Hall–Kier alpha value is -2.94. The fourth-order valence-electron chi connectivity index (χ4n) is 3.01. The number of halogens is 2. The third-order valence-electron chi connectivity index (χ3n) is 4.73. The highest BCUT2D eigenvalue weighted by molar-refractivity contribution is 7.89. The molecule has 0 heterocycles. The number of carbonyl (C=O) groups excluding carboxylic acids is 1. The van der Waals surface area contributed by atoms with E-state index in [9.17, 15) is 17.6 Å². The first-order valence-corrected chi connectivity index (χ1v) is 11.5. The highest BCUT2D eigenvalue weighted by Gasteiger charge is 2.28. The first-order chi connectivity index (χ1) is 15.2. The molecule has 3 aromatic carbocycles. The summed E-state index contributed by atoms with van der Waals surface area (Å²) in [7, 11) is -2.63. The van der Waals surface area contributed by atoms with E-state index < -0.39 is 34.8 Å². The van der Waals surface area contributed by atoms with Gasteiger partial charge in [-0.05, 0) is 43.3 Å². The number of benzene rings is 3. The summed E-state index contributed by atoms with van der Waals surface area (Å²) in [5.41, 5.74) is 1.30. The van der Waals surface area contributed by atoms with Crippen molar-refractivity contribution in [3.8, 4) is 5.75 Å². The predicted octanol–water partition coefficient (Wildman–Crippen LogP) is 4.63. The summed E-state index contributed by atoms with van der Waals surface area (Å²) in [5, 5.41) is 2.71. The maximum atomic E-state index is 14.4. The summed E-state index contributed by atoms with van der Waals surface area (Å²) in [5.74, 6) is -0.721. The maximum Gasteiger partial charge on any atom is 0.243 e. The van der Waals surface area contributed by atoms with Crippen molar-refractivity contribution in [2.45, 2.75) is 18.4 Å². The molecule has 168 valence electrons. The average molecular weight is 477 g/mol. The van der Waals surface area contributed by atoms with Gasteiger partial charge in [-0.25, -0.2) is 12.8 Å². The molecule has 0 saturated carbocycles. The van der Waals surface area contributed by atoms with Gasteiger partial charge in [0.1, 0.15) is 11.6 Å². The van der Waals surface area contributed by atoms with Crippen molar-refractivity contribution in [2.75, 3.05) is 19.0 Å². The highest BCUT2D eigenvalue weighted by atomic mass is 35.5. The summed E-state index contributed by atoms with van der Waals surface area (Å²) < 4.78 is 47.1. The topological polar surface area (TPSA) is 75.7 Å². The van der Waals surface area contributed by atoms with Gasteiger partial charge in [-0.2, -0.15) is 4.31 Å². The Labute approximate surface area is 191 Å². The van der Waals surface area contributed by atoms with Crippen LogP contribution in [0.25, 0.3) is 0 Å². The van der Waals surface area contributed by atoms with Crippen molar-refractivity contribution in [1.29, 1.82) is 0 Å². The van der Waals surface area contributed by atoms with Gasteiger partial charge >= 0.3 is 0 Å². The predicted molar refractivity (Wildman–Crippen MR) is 122 cm³/mol. The van der Waals surface area contributed by atoms with Gasteiger partial charge in [-0.3, -0.25) is 4.79 Å². The molecule has 0 aromatic heterocycles. The van der Waals surface area contributed by atoms with Gasteiger partial charge in [0.2, 0.25) is 15.9 Å². The van der Waals surface area contributed by atoms with Crippen LogP contribution < -0.4 is 10.1 Å². The Bertz CT molecular complexity index is 1200. The Morgan fingerprint density at radius 3 is 2.44 bits per heavy atom. The normalized spacial score (nSPS) is 11.4. The molecule has 0 fully saturated rings. The molecule has 3 rings (SSSR count). The molecule has 3 aromatic rings.